The number of hydrogen-bond donors (Lipinski definition) is 2. The van der Waals surface area contributed by atoms with Gasteiger partial charge in [0, 0.05) is 24.5 Å². The van der Waals surface area contributed by atoms with Gasteiger partial charge in [0.15, 0.2) is 0 Å². The lowest BCUT2D eigenvalue weighted by Crippen LogP contribution is -2.22. The normalized spacial score (nSPS) is 12.6. The molecule has 3 nitrogen and oxygen atoms in total. The zero-order valence-corrected chi connectivity index (χ0v) is 12.3. The Morgan fingerprint density at radius 1 is 1.15 bits per heavy atom. The number of nitrogens with zero attached hydrogens (tertiary/aromatic N) is 1. The molecule has 2 aromatic rings. The summed E-state index contributed by atoms with van der Waals surface area (Å²) in [5.74, 6) is 0. The topological polar surface area (TPSA) is 37.2 Å². The van der Waals surface area contributed by atoms with Crippen LogP contribution in [0.15, 0.2) is 42.6 Å². The van der Waals surface area contributed by atoms with Gasteiger partial charge in [-0.2, -0.15) is 0 Å². The Kier molecular flexibility index (Phi) is 5.39. The van der Waals surface area contributed by atoms with E-state index in [-0.39, 0.29) is 6.61 Å². The van der Waals surface area contributed by atoms with Crippen LogP contribution in [0.4, 0.5) is 0 Å². The molecule has 0 amide bonds. The molecule has 0 fully saturated rings. The predicted molar refractivity (Wildman–Crippen MR) is 82.6 cm³/mol. The summed E-state index contributed by atoms with van der Waals surface area (Å²) in [6.45, 7) is 6.40. The molecule has 2 rings (SSSR count). The fourth-order valence-electron chi connectivity index (χ4n) is 2.38. The maximum atomic E-state index is 9.07. The van der Waals surface area contributed by atoms with E-state index in [1.807, 2.05) is 12.1 Å². The maximum absolute atomic E-state index is 9.07. The van der Waals surface area contributed by atoms with Gasteiger partial charge in [-0.15, -0.1) is 0 Å². The third-order valence-corrected chi connectivity index (χ3v) is 3.57. The van der Waals surface area contributed by atoms with E-state index in [0.717, 1.165) is 25.1 Å². The van der Waals surface area contributed by atoms with Crippen molar-refractivity contribution in [2.24, 2.45) is 0 Å². The molecular formula is C17H24N2O. The standard InChI is InChI=1S/C17H24N2O/c1-3-10-18-14(2)17-5-4-11-19(17)12-15-6-8-16(13-20)9-7-15/h4-9,11,14,18,20H,3,10,12-13H2,1-2H3. The number of aliphatic hydroxyl groups excluding tert-OH is 1. The van der Waals surface area contributed by atoms with Crippen molar-refractivity contribution in [1.29, 1.82) is 0 Å². The van der Waals surface area contributed by atoms with Crippen LogP contribution in [0.25, 0.3) is 0 Å². The van der Waals surface area contributed by atoms with Crippen LogP contribution in [0.3, 0.4) is 0 Å². The van der Waals surface area contributed by atoms with Crippen LogP contribution in [0.5, 0.6) is 0 Å². The fraction of sp³-hybridized carbons (Fsp3) is 0.412. The van der Waals surface area contributed by atoms with Crippen LogP contribution < -0.4 is 5.32 Å². The van der Waals surface area contributed by atoms with Gasteiger partial charge in [-0.05, 0) is 43.1 Å². The number of rotatable bonds is 7. The second kappa shape index (κ2) is 7.27. The fourth-order valence-corrected chi connectivity index (χ4v) is 2.38. The number of aliphatic hydroxyl groups is 1. The average Bonchev–Trinajstić information content (AvgIpc) is 2.94. The molecule has 2 N–H and O–H groups in total. The van der Waals surface area contributed by atoms with Gasteiger partial charge in [0.1, 0.15) is 0 Å². The molecule has 1 aromatic heterocycles. The smallest absolute Gasteiger partial charge is 0.0681 e. The molecular weight excluding hydrogens is 248 g/mol. The molecule has 1 aromatic carbocycles. The van der Waals surface area contributed by atoms with E-state index < -0.39 is 0 Å². The van der Waals surface area contributed by atoms with Crippen molar-refractivity contribution in [2.75, 3.05) is 6.54 Å². The first-order valence-corrected chi connectivity index (χ1v) is 7.31. The molecule has 0 saturated heterocycles. The first-order chi connectivity index (χ1) is 9.74. The third kappa shape index (κ3) is 3.71. The van der Waals surface area contributed by atoms with Crippen LogP contribution in [0, 0.1) is 0 Å². The lowest BCUT2D eigenvalue weighted by atomic mass is 10.1. The molecule has 0 aliphatic heterocycles. The molecule has 0 saturated carbocycles. The number of nitrogens with one attached hydrogen (secondary N) is 1. The first-order valence-electron chi connectivity index (χ1n) is 7.31. The van der Waals surface area contributed by atoms with E-state index in [0.29, 0.717) is 6.04 Å². The lowest BCUT2D eigenvalue weighted by Gasteiger charge is -2.17. The average molecular weight is 272 g/mol. The van der Waals surface area contributed by atoms with Crippen LogP contribution in [0.2, 0.25) is 0 Å². The number of hydrogen-bond acceptors (Lipinski definition) is 2. The zero-order chi connectivity index (χ0) is 14.4. The Labute approximate surface area is 121 Å². The van der Waals surface area contributed by atoms with E-state index in [2.05, 4.69) is 54.2 Å². The number of benzene rings is 1. The van der Waals surface area contributed by atoms with Gasteiger partial charge in [-0.25, -0.2) is 0 Å². The van der Waals surface area contributed by atoms with E-state index in [9.17, 15) is 0 Å². The highest BCUT2D eigenvalue weighted by Crippen LogP contribution is 2.16. The lowest BCUT2D eigenvalue weighted by molar-refractivity contribution is 0.282. The summed E-state index contributed by atoms with van der Waals surface area (Å²) in [5.41, 5.74) is 3.52. The summed E-state index contributed by atoms with van der Waals surface area (Å²) >= 11 is 0. The molecule has 0 spiro atoms. The molecule has 0 radical (unpaired) electrons. The summed E-state index contributed by atoms with van der Waals surface area (Å²) < 4.78 is 2.28. The maximum Gasteiger partial charge on any atom is 0.0681 e. The summed E-state index contributed by atoms with van der Waals surface area (Å²) in [6.07, 6.45) is 3.27. The van der Waals surface area contributed by atoms with Gasteiger partial charge in [0.25, 0.3) is 0 Å². The van der Waals surface area contributed by atoms with Gasteiger partial charge in [0.05, 0.1) is 6.61 Å². The molecule has 1 heterocycles. The Bertz CT molecular complexity index is 516. The third-order valence-electron chi connectivity index (χ3n) is 3.57. The first kappa shape index (κ1) is 14.8. The van der Waals surface area contributed by atoms with Crippen molar-refractivity contribution < 1.29 is 5.11 Å². The quantitative estimate of drug-likeness (QED) is 0.812. The van der Waals surface area contributed by atoms with Crippen LogP contribution in [-0.4, -0.2) is 16.2 Å². The second-order valence-electron chi connectivity index (χ2n) is 5.21. The predicted octanol–water partition coefficient (Wildman–Crippen LogP) is 3.09. The molecule has 108 valence electrons. The van der Waals surface area contributed by atoms with Gasteiger partial charge in [-0.3, -0.25) is 0 Å². The van der Waals surface area contributed by atoms with Gasteiger partial charge >= 0.3 is 0 Å². The highest BCUT2D eigenvalue weighted by Gasteiger charge is 2.09. The summed E-state index contributed by atoms with van der Waals surface area (Å²) in [7, 11) is 0. The van der Waals surface area contributed by atoms with Crippen molar-refractivity contribution >= 4 is 0 Å². The van der Waals surface area contributed by atoms with E-state index in [4.69, 9.17) is 5.11 Å². The van der Waals surface area contributed by atoms with Crippen molar-refractivity contribution in [1.82, 2.24) is 9.88 Å². The Balaban J connectivity index is 2.07. The van der Waals surface area contributed by atoms with Gasteiger partial charge < -0.3 is 15.0 Å². The zero-order valence-electron chi connectivity index (χ0n) is 12.3. The van der Waals surface area contributed by atoms with Gasteiger partial charge in [-0.1, -0.05) is 31.2 Å². The summed E-state index contributed by atoms with van der Waals surface area (Å²) in [4.78, 5) is 0. The summed E-state index contributed by atoms with van der Waals surface area (Å²) in [6, 6.07) is 12.8. The van der Waals surface area contributed by atoms with Crippen LogP contribution in [0.1, 0.15) is 43.1 Å². The number of aromatic nitrogens is 1. The minimum absolute atomic E-state index is 0.104. The van der Waals surface area contributed by atoms with E-state index in [1.54, 1.807) is 0 Å². The van der Waals surface area contributed by atoms with E-state index in [1.165, 1.54) is 11.3 Å². The molecule has 1 atom stereocenters. The highest BCUT2D eigenvalue weighted by molar-refractivity contribution is 5.23. The van der Waals surface area contributed by atoms with Crippen molar-refractivity contribution in [3.8, 4) is 0 Å². The largest absolute Gasteiger partial charge is 0.392 e. The van der Waals surface area contributed by atoms with Gasteiger partial charge in [0.2, 0.25) is 0 Å². The summed E-state index contributed by atoms with van der Waals surface area (Å²) in [5, 5.41) is 12.6. The molecule has 3 heteroatoms. The molecule has 0 aliphatic rings. The van der Waals surface area contributed by atoms with Crippen molar-refractivity contribution in [3.63, 3.8) is 0 Å². The molecule has 0 bridgehead atoms. The molecule has 1 unspecified atom stereocenters. The highest BCUT2D eigenvalue weighted by atomic mass is 16.3. The van der Waals surface area contributed by atoms with Crippen molar-refractivity contribution in [3.05, 3.63) is 59.4 Å². The monoisotopic (exact) mass is 272 g/mol. The van der Waals surface area contributed by atoms with Crippen LogP contribution in [-0.2, 0) is 13.2 Å². The minimum atomic E-state index is 0.104. The Morgan fingerprint density at radius 3 is 2.50 bits per heavy atom. The Hall–Kier alpha value is -1.58. The SMILES string of the molecule is CCCNC(C)c1cccn1Cc1ccc(CO)cc1. The Morgan fingerprint density at radius 2 is 1.85 bits per heavy atom. The molecule has 20 heavy (non-hydrogen) atoms. The van der Waals surface area contributed by atoms with Crippen molar-refractivity contribution in [2.45, 2.75) is 39.5 Å². The minimum Gasteiger partial charge on any atom is -0.392 e. The molecule has 0 aliphatic carbocycles. The second-order valence-corrected chi connectivity index (χ2v) is 5.21. The van der Waals surface area contributed by atoms with E-state index >= 15 is 0 Å². The van der Waals surface area contributed by atoms with Crippen LogP contribution >= 0.6 is 0 Å².